The van der Waals surface area contributed by atoms with E-state index in [-0.39, 0.29) is 12.7 Å². The van der Waals surface area contributed by atoms with Crippen molar-refractivity contribution < 1.29 is 9.84 Å². The van der Waals surface area contributed by atoms with E-state index in [1.165, 1.54) is 5.69 Å². The molecular formula is C14H21ClN2O2. The van der Waals surface area contributed by atoms with Crippen LogP contribution in [0, 0.1) is 0 Å². The summed E-state index contributed by atoms with van der Waals surface area (Å²) >= 11 is 6.00. The minimum atomic E-state index is 0.0920. The highest BCUT2D eigenvalue weighted by molar-refractivity contribution is 6.30. The summed E-state index contributed by atoms with van der Waals surface area (Å²) < 4.78 is 5.57. The molecule has 1 aromatic rings. The molecule has 1 fully saturated rings. The first-order valence-electron chi connectivity index (χ1n) is 6.70. The molecule has 0 aliphatic carbocycles. The van der Waals surface area contributed by atoms with E-state index in [0.29, 0.717) is 13.2 Å². The van der Waals surface area contributed by atoms with Crippen molar-refractivity contribution in [3.05, 3.63) is 28.8 Å². The van der Waals surface area contributed by atoms with Crippen LogP contribution in [-0.4, -0.2) is 37.5 Å². The van der Waals surface area contributed by atoms with Crippen LogP contribution in [-0.2, 0) is 11.3 Å². The van der Waals surface area contributed by atoms with Crippen molar-refractivity contribution in [3.63, 3.8) is 0 Å². The van der Waals surface area contributed by atoms with Gasteiger partial charge in [0.25, 0.3) is 0 Å². The van der Waals surface area contributed by atoms with Gasteiger partial charge < -0.3 is 20.5 Å². The molecule has 0 bridgehead atoms. The third-order valence-electron chi connectivity index (χ3n) is 3.49. The fourth-order valence-corrected chi connectivity index (χ4v) is 2.70. The average Bonchev–Trinajstić information content (AvgIpc) is 2.45. The minimum Gasteiger partial charge on any atom is -0.394 e. The molecular weight excluding hydrogens is 264 g/mol. The number of aliphatic hydroxyl groups is 1. The number of ether oxygens (including phenoxy) is 1. The Balaban J connectivity index is 1.97. The van der Waals surface area contributed by atoms with Crippen molar-refractivity contribution in [2.75, 3.05) is 31.2 Å². The predicted molar refractivity (Wildman–Crippen MR) is 77.6 cm³/mol. The molecule has 0 saturated carbocycles. The first-order chi connectivity index (χ1) is 9.24. The molecule has 0 unspecified atom stereocenters. The summed E-state index contributed by atoms with van der Waals surface area (Å²) in [7, 11) is 0. The Morgan fingerprint density at radius 3 is 2.74 bits per heavy atom. The molecule has 1 aliphatic heterocycles. The first kappa shape index (κ1) is 14.6. The molecule has 3 N–H and O–H groups in total. The van der Waals surface area contributed by atoms with Crippen molar-refractivity contribution in [1.29, 1.82) is 0 Å². The van der Waals surface area contributed by atoms with Crippen LogP contribution < -0.4 is 10.6 Å². The highest BCUT2D eigenvalue weighted by Gasteiger charge is 2.21. The Hall–Kier alpha value is -0.810. The van der Waals surface area contributed by atoms with Crippen molar-refractivity contribution in [1.82, 2.24) is 0 Å². The second-order valence-electron chi connectivity index (χ2n) is 4.76. The standard InChI is InChI=1S/C14H21ClN2O2/c15-12-1-2-14(11(9-12)10-16)17-5-3-13(4-6-17)19-8-7-18/h1-2,9,13,18H,3-8,10,16H2. The Bertz CT molecular complexity index is 406. The van der Waals surface area contributed by atoms with E-state index in [2.05, 4.69) is 4.90 Å². The highest BCUT2D eigenvalue weighted by Crippen LogP contribution is 2.27. The summed E-state index contributed by atoms with van der Waals surface area (Å²) in [5.74, 6) is 0. The highest BCUT2D eigenvalue weighted by atomic mass is 35.5. The van der Waals surface area contributed by atoms with E-state index in [1.807, 2.05) is 18.2 Å². The van der Waals surface area contributed by atoms with Gasteiger partial charge >= 0.3 is 0 Å². The molecule has 0 radical (unpaired) electrons. The van der Waals surface area contributed by atoms with Crippen LogP contribution in [0.3, 0.4) is 0 Å². The van der Waals surface area contributed by atoms with Crippen LogP contribution in [0.15, 0.2) is 18.2 Å². The number of anilines is 1. The lowest BCUT2D eigenvalue weighted by Crippen LogP contribution is -2.38. The number of hydrogen-bond acceptors (Lipinski definition) is 4. The van der Waals surface area contributed by atoms with Gasteiger partial charge in [0.05, 0.1) is 19.3 Å². The average molecular weight is 285 g/mol. The Morgan fingerprint density at radius 2 is 2.11 bits per heavy atom. The molecule has 0 aromatic heterocycles. The van der Waals surface area contributed by atoms with E-state index >= 15 is 0 Å². The van der Waals surface area contributed by atoms with Gasteiger partial charge in [-0.1, -0.05) is 11.6 Å². The van der Waals surface area contributed by atoms with Crippen molar-refractivity contribution in [3.8, 4) is 0 Å². The summed E-state index contributed by atoms with van der Waals surface area (Å²) in [6, 6.07) is 5.88. The number of piperidine rings is 1. The van der Waals surface area contributed by atoms with E-state index in [1.54, 1.807) is 0 Å². The predicted octanol–water partition coefficient (Wildman–Crippen LogP) is 1.78. The number of nitrogens with zero attached hydrogens (tertiary/aromatic N) is 1. The molecule has 4 nitrogen and oxygen atoms in total. The van der Waals surface area contributed by atoms with Gasteiger partial charge in [0.15, 0.2) is 0 Å². The first-order valence-corrected chi connectivity index (χ1v) is 7.08. The lowest BCUT2D eigenvalue weighted by atomic mass is 10.0. The van der Waals surface area contributed by atoms with Gasteiger partial charge in [-0.3, -0.25) is 0 Å². The summed E-state index contributed by atoms with van der Waals surface area (Å²) in [6.07, 6.45) is 2.22. The lowest BCUT2D eigenvalue weighted by Gasteiger charge is -2.34. The Morgan fingerprint density at radius 1 is 1.37 bits per heavy atom. The maximum atomic E-state index is 8.76. The number of hydrogen-bond donors (Lipinski definition) is 2. The Kier molecular flexibility index (Phi) is 5.45. The molecule has 5 heteroatoms. The lowest BCUT2D eigenvalue weighted by molar-refractivity contribution is 0.0159. The molecule has 0 atom stereocenters. The molecule has 1 heterocycles. The number of rotatable bonds is 5. The zero-order chi connectivity index (χ0) is 13.7. The molecule has 0 amide bonds. The van der Waals surface area contributed by atoms with Crippen molar-refractivity contribution in [2.45, 2.75) is 25.5 Å². The summed E-state index contributed by atoms with van der Waals surface area (Å²) in [5.41, 5.74) is 8.04. The van der Waals surface area contributed by atoms with Crippen LogP contribution in [0.1, 0.15) is 18.4 Å². The van der Waals surface area contributed by atoms with Crippen LogP contribution in [0.4, 0.5) is 5.69 Å². The fraction of sp³-hybridized carbons (Fsp3) is 0.571. The Labute approximate surface area is 119 Å². The number of aliphatic hydroxyl groups excluding tert-OH is 1. The maximum Gasteiger partial charge on any atom is 0.0701 e. The number of halogens is 1. The second-order valence-corrected chi connectivity index (χ2v) is 5.19. The van der Waals surface area contributed by atoms with E-state index in [9.17, 15) is 0 Å². The van der Waals surface area contributed by atoms with Gasteiger partial charge in [-0.15, -0.1) is 0 Å². The van der Waals surface area contributed by atoms with Gasteiger partial charge in [0.1, 0.15) is 0 Å². The molecule has 1 aromatic carbocycles. The van der Waals surface area contributed by atoms with Crippen LogP contribution in [0.25, 0.3) is 0 Å². The maximum absolute atomic E-state index is 8.76. The minimum absolute atomic E-state index is 0.0920. The quantitative estimate of drug-likeness (QED) is 0.865. The smallest absolute Gasteiger partial charge is 0.0701 e. The fourth-order valence-electron chi connectivity index (χ4n) is 2.51. The summed E-state index contributed by atoms with van der Waals surface area (Å²) in [4.78, 5) is 2.33. The van der Waals surface area contributed by atoms with Crippen LogP contribution >= 0.6 is 11.6 Å². The monoisotopic (exact) mass is 284 g/mol. The third kappa shape index (κ3) is 3.83. The molecule has 106 valence electrons. The molecule has 19 heavy (non-hydrogen) atoms. The molecule has 1 aliphatic rings. The SMILES string of the molecule is NCc1cc(Cl)ccc1N1CCC(OCCO)CC1. The van der Waals surface area contributed by atoms with Gasteiger partial charge in [0.2, 0.25) is 0 Å². The van der Waals surface area contributed by atoms with Gasteiger partial charge in [-0.25, -0.2) is 0 Å². The number of benzene rings is 1. The van der Waals surface area contributed by atoms with Crippen LogP contribution in [0.5, 0.6) is 0 Å². The topological polar surface area (TPSA) is 58.7 Å². The summed E-state index contributed by atoms with van der Waals surface area (Å²) in [6.45, 7) is 2.92. The largest absolute Gasteiger partial charge is 0.394 e. The van der Waals surface area contributed by atoms with Crippen LogP contribution in [0.2, 0.25) is 5.02 Å². The van der Waals surface area contributed by atoms with Crippen molar-refractivity contribution >= 4 is 17.3 Å². The van der Waals surface area contributed by atoms with Gasteiger partial charge in [0, 0.05) is 30.3 Å². The normalized spacial score (nSPS) is 16.9. The molecule has 2 rings (SSSR count). The zero-order valence-electron chi connectivity index (χ0n) is 11.0. The third-order valence-corrected chi connectivity index (χ3v) is 3.72. The van der Waals surface area contributed by atoms with E-state index in [4.69, 9.17) is 27.2 Å². The van der Waals surface area contributed by atoms with E-state index < -0.39 is 0 Å². The zero-order valence-corrected chi connectivity index (χ0v) is 11.8. The molecule has 0 spiro atoms. The van der Waals surface area contributed by atoms with Gasteiger partial charge in [-0.05, 0) is 36.6 Å². The van der Waals surface area contributed by atoms with E-state index in [0.717, 1.165) is 36.5 Å². The molecule has 1 saturated heterocycles. The number of nitrogens with two attached hydrogens (primary N) is 1. The van der Waals surface area contributed by atoms with Gasteiger partial charge in [-0.2, -0.15) is 0 Å². The van der Waals surface area contributed by atoms with Crippen molar-refractivity contribution in [2.24, 2.45) is 5.73 Å². The second kappa shape index (κ2) is 7.10. The summed E-state index contributed by atoms with van der Waals surface area (Å²) in [5, 5.41) is 9.49.